The van der Waals surface area contributed by atoms with Crippen molar-refractivity contribution in [3.05, 3.63) is 18.3 Å². The van der Waals surface area contributed by atoms with Crippen LogP contribution in [-0.2, 0) is 0 Å². The van der Waals surface area contributed by atoms with Crippen LogP contribution in [-0.4, -0.2) is 21.9 Å². The van der Waals surface area contributed by atoms with E-state index < -0.39 is 0 Å². The summed E-state index contributed by atoms with van der Waals surface area (Å²) in [4.78, 5) is 5.06. The van der Waals surface area contributed by atoms with E-state index in [1.54, 1.807) is 30.9 Å². The van der Waals surface area contributed by atoms with Gasteiger partial charge < -0.3 is 10.8 Å². The SMILES string of the molecule is CC(O)CCSc1ccc(N)nc1. The van der Waals surface area contributed by atoms with E-state index in [1.807, 2.05) is 6.07 Å². The number of anilines is 1. The molecule has 0 fully saturated rings. The lowest BCUT2D eigenvalue weighted by atomic mass is 10.3. The van der Waals surface area contributed by atoms with Gasteiger partial charge in [0.05, 0.1) is 6.10 Å². The van der Waals surface area contributed by atoms with E-state index in [0.717, 1.165) is 17.1 Å². The van der Waals surface area contributed by atoms with Gasteiger partial charge in [-0.3, -0.25) is 0 Å². The van der Waals surface area contributed by atoms with Crippen LogP contribution in [0, 0.1) is 0 Å². The van der Waals surface area contributed by atoms with Crippen LogP contribution in [0.15, 0.2) is 23.2 Å². The average Bonchev–Trinajstić information content (AvgIpc) is 2.08. The topological polar surface area (TPSA) is 59.1 Å². The van der Waals surface area contributed by atoms with E-state index in [-0.39, 0.29) is 6.10 Å². The third-order valence-electron chi connectivity index (χ3n) is 1.56. The first-order chi connectivity index (χ1) is 6.18. The number of aromatic nitrogens is 1. The molecule has 3 nitrogen and oxygen atoms in total. The number of hydrogen-bond acceptors (Lipinski definition) is 4. The van der Waals surface area contributed by atoms with Gasteiger partial charge in [-0.1, -0.05) is 0 Å². The fraction of sp³-hybridized carbons (Fsp3) is 0.444. The second kappa shape index (κ2) is 5.09. The summed E-state index contributed by atoms with van der Waals surface area (Å²) in [6.45, 7) is 1.79. The maximum atomic E-state index is 9.03. The lowest BCUT2D eigenvalue weighted by molar-refractivity contribution is 0.192. The molecule has 0 aliphatic heterocycles. The molecule has 1 unspecified atom stereocenters. The highest BCUT2D eigenvalue weighted by molar-refractivity contribution is 7.99. The van der Waals surface area contributed by atoms with E-state index in [4.69, 9.17) is 10.8 Å². The molecule has 4 heteroatoms. The number of pyridine rings is 1. The first kappa shape index (κ1) is 10.3. The highest BCUT2D eigenvalue weighted by Gasteiger charge is 1.97. The Balaban J connectivity index is 2.33. The van der Waals surface area contributed by atoms with Crippen LogP contribution in [0.1, 0.15) is 13.3 Å². The predicted molar refractivity (Wildman–Crippen MR) is 55.7 cm³/mol. The molecule has 0 amide bonds. The molecule has 0 aliphatic carbocycles. The summed E-state index contributed by atoms with van der Waals surface area (Å²) in [7, 11) is 0. The summed E-state index contributed by atoms with van der Waals surface area (Å²) in [5.41, 5.74) is 5.44. The van der Waals surface area contributed by atoms with Crippen LogP contribution in [0.4, 0.5) is 5.82 Å². The van der Waals surface area contributed by atoms with E-state index in [9.17, 15) is 0 Å². The monoisotopic (exact) mass is 198 g/mol. The largest absolute Gasteiger partial charge is 0.393 e. The van der Waals surface area contributed by atoms with Crippen LogP contribution < -0.4 is 5.73 Å². The highest BCUT2D eigenvalue weighted by atomic mass is 32.2. The minimum absolute atomic E-state index is 0.228. The van der Waals surface area contributed by atoms with Crippen molar-refractivity contribution in [1.29, 1.82) is 0 Å². The number of nitrogens with two attached hydrogens (primary N) is 1. The van der Waals surface area contributed by atoms with Gasteiger partial charge in [-0.05, 0) is 25.5 Å². The third kappa shape index (κ3) is 4.15. The summed E-state index contributed by atoms with van der Waals surface area (Å²) in [6, 6.07) is 3.72. The Morgan fingerprint density at radius 2 is 2.38 bits per heavy atom. The van der Waals surface area contributed by atoms with Crippen molar-refractivity contribution in [3.63, 3.8) is 0 Å². The number of rotatable bonds is 4. The van der Waals surface area contributed by atoms with Gasteiger partial charge in [0.15, 0.2) is 0 Å². The molecule has 1 rings (SSSR count). The molecular formula is C9H14N2OS. The van der Waals surface area contributed by atoms with Crippen LogP contribution in [0.2, 0.25) is 0 Å². The summed E-state index contributed by atoms with van der Waals surface area (Å²) < 4.78 is 0. The number of hydrogen-bond donors (Lipinski definition) is 2. The Labute approximate surface area is 82.4 Å². The Bertz CT molecular complexity index is 248. The summed E-state index contributed by atoms with van der Waals surface area (Å²) in [6.07, 6.45) is 2.33. The first-order valence-electron chi connectivity index (χ1n) is 4.21. The standard InChI is InChI=1S/C9H14N2OS/c1-7(12)4-5-13-8-2-3-9(10)11-6-8/h2-3,6-7,12H,4-5H2,1H3,(H2,10,11). The summed E-state index contributed by atoms with van der Waals surface area (Å²) >= 11 is 1.68. The molecule has 1 atom stereocenters. The zero-order valence-corrected chi connectivity index (χ0v) is 8.42. The number of thioether (sulfide) groups is 1. The molecule has 0 saturated carbocycles. The Morgan fingerprint density at radius 1 is 1.62 bits per heavy atom. The van der Waals surface area contributed by atoms with E-state index in [2.05, 4.69) is 4.98 Å². The highest BCUT2D eigenvalue weighted by Crippen LogP contribution is 2.18. The second-order valence-electron chi connectivity index (χ2n) is 2.90. The maximum absolute atomic E-state index is 9.03. The van der Waals surface area contributed by atoms with Crippen molar-refractivity contribution in [2.45, 2.75) is 24.3 Å². The summed E-state index contributed by atoms with van der Waals surface area (Å²) in [5.74, 6) is 1.45. The van der Waals surface area contributed by atoms with E-state index >= 15 is 0 Å². The summed E-state index contributed by atoms with van der Waals surface area (Å²) in [5, 5.41) is 9.03. The molecule has 0 radical (unpaired) electrons. The smallest absolute Gasteiger partial charge is 0.123 e. The first-order valence-corrected chi connectivity index (χ1v) is 5.19. The third-order valence-corrected chi connectivity index (χ3v) is 2.58. The Hall–Kier alpha value is -0.740. The molecule has 0 spiro atoms. The lowest BCUT2D eigenvalue weighted by Crippen LogP contribution is -2.00. The van der Waals surface area contributed by atoms with Gasteiger partial charge in [-0.25, -0.2) is 4.98 Å². The minimum atomic E-state index is -0.228. The van der Waals surface area contributed by atoms with Crippen molar-refractivity contribution in [2.24, 2.45) is 0 Å². The number of aliphatic hydroxyl groups excluding tert-OH is 1. The molecule has 72 valence electrons. The van der Waals surface area contributed by atoms with Crippen LogP contribution in [0.25, 0.3) is 0 Å². The maximum Gasteiger partial charge on any atom is 0.123 e. The zero-order chi connectivity index (χ0) is 9.68. The number of nitrogens with zero attached hydrogens (tertiary/aromatic N) is 1. The number of aliphatic hydroxyl groups is 1. The van der Waals surface area contributed by atoms with E-state index in [0.29, 0.717) is 5.82 Å². The molecule has 1 aromatic heterocycles. The normalized spacial score (nSPS) is 12.8. The molecule has 0 saturated heterocycles. The lowest BCUT2D eigenvalue weighted by Gasteiger charge is -2.03. The number of nitrogen functional groups attached to an aromatic ring is 1. The molecule has 3 N–H and O–H groups in total. The molecular weight excluding hydrogens is 184 g/mol. The minimum Gasteiger partial charge on any atom is -0.393 e. The van der Waals surface area contributed by atoms with Gasteiger partial charge in [0.2, 0.25) is 0 Å². The molecule has 0 bridgehead atoms. The van der Waals surface area contributed by atoms with Gasteiger partial charge in [-0.15, -0.1) is 11.8 Å². The van der Waals surface area contributed by atoms with Crippen LogP contribution in [0.5, 0.6) is 0 Å². The van der Waals surface area contributed by atoms with Gasteiger partial charge in [0.1, 0.15) is 5.82 Å². The van der Waals surface area contributed by atoms with Crippen molar-refractivity contribution >= 4 is 17.6 Å². The van der Waals surface area contributed by atoms with Crippen molar-refractivity contribution in [1.82, 2.24) is 4.98 Å². The second-order valence-corrected chi connectivity index (χ2v) is 4.07. The fourth-order valence-electron chi connectivity index (χ4n) is 0.824. The quantitative estimate of drug-likeness (QED) is 0.720. The zero-order valence-electron chi connectivity index (χ0n) is 7.60. The molecule has 13 heavy (non-hydrogen) atoms. The Kier molecular flexibility index (Phi) is 4.05. The molecule has 0 aromatic carbocycles. The molecule has 0 aliphatic rings. The van der Waals surface area contributed by atoms with Crippen molar-refractivity contribution < 1.29 is 5.11 Å². The van der Waals surface area contributed by atoms with Gasteiger partial charge in [-0.2, -0.15) is 0 Å². The average molecular weight is 198 g/mol. The predicted octanol–water partition coefficient (Wildman–Crippen LogP) is 1.53. The van der Waals surface area contributed by atoms with Gasteiger partial charge in [0.25, 0.3) is 0 Å². The fourth-order valence-corrected chi connectivity index (χ4v) is 1.81. The molecule has 1 heterocycles. The Morgan fingerprint density at radius 3 is 2.92 bits per heavy atom. The molecule has 1 aromatic rings. The van der Waals surface area contributed by atoms with Crippen molar-refractivity contribution in [3.8, 4) is 0 Å². The van der Waals surface area contributed by atoms with Crippen LogP contribution >= 0.6 is 11.8 Å². The van der Waals surface area contributed by atoms with Crippen LogP contribution in [0.3, 0.4) is 0 Å². The van der Waals surface area contributed by atoms with E-state index in [1.165, 1.54) is 0 Å². The van der Waals surface area contributed by atoms with Gasteiger partial charge in [0, 0.05) is 16.8 Å². The van der Waals surface area contributed by atoms with Gasteiger partial charge >= 0.3 is 0 Å². The van der Waals surface area contributed by atoms with Crippen molar-refractivity contribution in [2.75, 3.05) is 11.5 Å².